The minimum absolute atomic E-state index is 0.200. The van der Waals surface area contributed by atoms with Crippen LogP contribution < -0.4 is 0 Å². The van der Waals surface area contributed by atoms with Crippen molar-refractivity contribution in [3.05, 3.63) is 82.7 Å². The van der Waals surface area contributed by atoms with E-state index in [1.165, 1.54) is 12.1 Å². The van der Waals surface area contributed by atoms with Crippen LogP contribution in [0.5, 0.6) is 0 Å². The molecule has 1 aliphatic rings. The van der Waals surface area contributed by atoms with Crippen molar-refractivity contribution in [3.63, 3.8) is 0 Å². The second-order valence-corrected chi connectivity index (χ2v) is 7.50. The predicted molar refractivity (Wildman–Crippen MR) is 110 cm³/mol. The number of hydrogen-bond donors (Lipinski definition) is 0. The lowest BCUT2D eigenvalue weighted by atomic mass is 9.79. The Bertz CT molecular complexity index is 1170. The van der Waals surface area contributed by atoms with Gasteiger partial charge in [-0.25, -0.2) is 13.2 Å². The Labute approximate surface area is 168 Å². The van der Waals surface area contributed by atoms with Crippen LogP contribution in [-0.4, -0.2) is 0 Å². The van der Waals surface area contributed by atoms with E-state index >= 15 is 0 Å². The number of hydrogen-bond acceptors (Lipinski definition) is 0. The quantitative estimate of drug-likeness (QED) is 0.414. The second-order valence-electron chi connectivity index (χ2n) is 7.50. The Morgan fingerprint density at radius 2 is 1.59 bits per heavy atom. The van der Waals surface area contributed by atoms with Gasteiger partial charge in [-0.3, -0.25) is 0 Å². The summed E-state index contributed by atoms with van der Waals surface area (Å²) in [4.78, 5) is 0. The molecule has 0 heterocycles. The van der Waals surface area contributed by atoms with Crippen LogP contribution in [0.2, 0.25) is 0 Å². The summed E-state index contributed by atoms with van der Waals surface area (Å²) in [6, 6.07) is 12.6. The average molecular weight is 388 g/mol. The fourth-order valence-electron chi connectivity index (χ4n) is 3.96. The lowest BCUT2D eigenvalue weighted by Crippen LogP contribution is -2.12. The van der Waals surface area contributed by atoms with Gasteiger partial charge < -0.3 is 0 Å². The molecule has 29 heavy (non-hydrogen) atoms. The first-order valence-electron chi connectivity index (χ1n) is 9.70. The normalized spacial score (nSPS) is 18.7. The fraction of sp³-hybridized carbons (Fsp3) is 0.231. The topological polar surface area (TPSA) is 0 Å². The third kappa shape index (κ3) is 4.01. The highest BCUT2D eigenvalue weighted by Crippen LogP contribution is 2.35. The smallest absolute Gasteiger partial charge is 0.166 e. The summed E-state index contributed by atoms with van der Waals surface area (Å²) in [5, 5.41) is 0.750. The number of benzene rings is 3. The van der Waals surface area contributed by atoms with Crippen molar-refractivity contribution in [2.24, 2.45) is 5.92 Å². The van der Waals surface area contributed by atoms with Gasteiger partial charge in [0, 0.05) is 16.9 Å². The molecule has 0 amide bonds. The Morgan fingerprint density at radius 1 is 0.793 bits per heavy atom. The molecule has 0 aromatic heterocycles. The highest BCUT2D eigenvalue weighted by molar-refractivity contribution is 5.84. The zero-order chi connectivity index (χ0) is 20.4. The van der Waals surface area contributed by atoms with Crippen LogP contribution in [0.3, 0.4) is 0 Å². The maximum atomic E-state index is 14.6. The molecular weight excluding hydrogens is 369 g/mol. The van der Waals surface area contributed by atoms with E-state index in [1.54, 1.807) is 24.3 Å². The van der Waals surface area contributed by atoms with Crippen molar-refractivity contribution in [1.29, 1.82) is 0 Å². The molecule has 0 spiro atoms. The molecule has 0 N–H and O–H groups in total. The molecule has 1 aliphatic carbocycles. The fourth-order valence-corrected chi connectivity index (χ4v) is 3.96. The van der Waals surface area contributed by atoms with E-state index in [0.717, 1.165) is 37.3 Å². The molecule has 0 saturated heterocycles. The molecule has 4 rings (SSSR count). The van der Waals surface area contributed by atoms with E-state index in [0.29, 0.717) is 28.3 Å². The molecule has 0 bridgehead atoms. The third-order valence-corrected chi connectivity index (χ3v) is 5.68. The maximum absolute atomic E-state index is 14.6. The van der Waals surface area contributed by atoms with Crippen molar-refractivity contribution in [1.82, 2.24) is 0 Å². The summed E-state index contributed by atoms with van der Waals surface area (Å²) < 4.78 is 41.7. The van der Waals surface area contributed by atoms with Crippen molar-refractivity contribution in [2.75, 3.05) is 0 Å². The molecule has 0 unspecified atom stereocenters. The van der Waals surface area contributed by atoms with Gasteiger partial charge in [-0.2, -0.15) is 0 Å². The Morgan fingerprint density at radius 3 is 2.31 bits per heavy atom. The van der Waals surface area contributed by atoms with Crippen molar-refractivity contribution >= 4 is 10.8 Å². The number of halogens is 3. The van der Waals surface area contributed by atoms with Crippen molar-refractivity contribution < 1.29 is 13.2 Å². The first-order chi connectivity index (χ1) is 14.0. The van der Waals surface area contributed by atoms with Gasteiger partial charge in [-0.15, -0.1) is 12.3 Å². The summed E-state index contributed by atoms with van der Waals surface area (Å²) in [5.74, 6) is 7.15. The second kappa shape index (κ2) is 8.06. The SMILES string of the molecule is C#CC1CCC(c2ccc(C#Cc3ccc4c(F)c(F)ccc4c3)c(F)c2)CC1. The van der Waals surface area contributed by atoms with Crippen LogP contribution in [-0.2, 0) is 0 Å². The van der Waals surface area contributed by atoms with Crippen LogP contribution >= 0.6 is 0 Å². The minimum atomic E-state index is -0.883. The lowest BCUT2D eigenvalue weighted by molar-refractivity contribution is 0.384. The molecule has 3 heteroatoms. The molecular formula is C26H19F3. The standard InChI is InChI=1S/C26H19F3/c1-2-17-3-7-19(8-4-17)21-11-10-20(25(28)16-21)9-5-18-6-13-23-22(15-18)12-14-24(27)26(23)29/h1,6,10-17,19H,3-4,7-8H2. The number of fused-ring (bicyclic) bond motifs is 1. The van der Waals surface area contributed by atoms with Gasteiger partial charge in [0.25, 0.3) is 0 Å². The van der Waals surface area contributed by atoms with Crippen molar-refractivity contribution in [2.45, 2.75) is 31.6 Å². The van der Waals surface area contributed by atoms with Gasteiger partial charge in [0.05, 0.1) is 5.56 Å². The first-order valence-corrected chi connectivity index (χ1v) is 9.70. The zero-order valence-corrected chi connectivity index (χ0v) is 15.8. The van der Waals surface area contributed by atoms with Gasteiger partial charge in [-0.05, 0) is 72.9 Å². The van der Waals surface area contributed by atoms with E-state index in [2.05, 4.69) is 17.8 Å². The van der Waals surface area contributed by atoms with Crippen LogP contribution in [0.1, 0.15) is 48.3 Å². The molecule has 1 fully saturated rings. The van der Waals surface area contributed by atoms with E-state index < -0.39 is 11.6 Å². The van der Waals surface area contributed by atoms with Gasteiger partial charge in [0.1, 0.15) is 5.82 Å². The summed E-state index contributed by atoms with van der Waals surface area (Å²) in [5.41, 5.74) is 1.92. The summed E-state index contributed by atoms with van der Waals surface area (Å²) in [7, 11) is 0. The van der Waals surface area contributed by atoms with Gasteiger partial charge >= 0.3 is 0 Å². The van der Waals surface area contributed by atoms with Gasteiger partial charge in [0.2, 0.25) is 0 Å². The largest absolute Gasteiger partial charge is 0.206 e. The molecule has 144 valence electrons. The van der Waals surface area contributed by atoms with Crippen LogP contribution in [0.15, 0.2) is 48.5 Å². The Kier molecular flexibility index (Phi) is 5.32. The molecule has 0 radical (unpaired) electrons. The van der Waals surface area contributed by atoms with E-state index in [-0.39, 0.29) is 11.2 Å². The van der Waals surface area contributed by atoms with E-state index in [9.17, 15) is 13.2 Å². The summed E-state index contributed by atoms with van der Waals surface area (Å²) in [6.07, 6.45) is 9.42. The highest BCUT2D eigenvalue weighted by atomic mass is 19.2. The van der Waals surface area contributed by atoms with E-state index in [1.807, 2.05) is 6.07 Å². The van der Waals surface area contributed by atoms with Gasteiger partial charge in [-0.1, -0.05) is 30.0 Å². The van der Waals surface area contributed by atoms with Crippen LogP contribution in [0.4, 0.5) is 13.2 Å². The van der Waals surface area contributed by atoms with Gasteiger partial charge in [0.15, 0.2) is 11.6 Å². The average Bonchev–Trinajstić information content (AvgIpc) is 2.75. The molecule has 0 aliphatic heterocycles. The predicted octanol–water partition coefficient (Wildman–Crippen LogP) is 6.56. The molecule has 0 nitrogen and oxygen atoms in total. The molecule has 3 aromatic rings. The molecule has 1 saturated carbocycles. The monoisotopic (exact) mass is 388 g/mol. The number of rotatable bonds is 1. The third-order valence-electron chi connectivity index (χ3n) is 5.68. The summed E-state index contributed by atoms with van der Waals surface area (Å²) >= 11 is 0. The molecule has 0 atom stereocenters. The van der Waals surface area contributed by atoms with Crippen LogP contribution in [0.25, 0.3) is 10.8 Å². The first kappa shape index (κ1) is 19.2. The zero-order valence-electron chi connectivity index (χ0n) is 15.8. The van der Waals surface area contributed by atoms with E-state index in [4.69, 9.17) is 6.42 Å². The molecule has 3 aromatic carbocycles. The lowest BCUT2D eigenvalue weighted by Gasteiger charge is -2.26. The Hall–Kier alpha value is -3.17. The van der Waals surface area contributed by atoms with Crippen LogP contribution in [0, 0.1) is 47.6 Å². The summed E-state index contributed by atoms with van der Waals surface area (Å²) in [6.45, 7) is 0. The van der Waals surface area contributed by atoms with Crippen molar-refractivity contribution in [3.8, 4) is 24.2 Å². The highest BCUT2D eigenvalue weighted by Gasteiger charge is 2.21. The maximum Gasteiger partial charge on any atom is 0.166 e. The minimum Gasteiger partial charge on any atom is -0.206 e. The number of terminal acetylenes is 1. The Balaban J connectivity index is 1.55.